The van der Waals surface area contributed by atoms with E-state index in [1.807, 2.05) is 13.8 Å². The molecule has 0 aliphatic heterocycles. The molecular weight excluding hydrogens is 407 g/mol. The first-order valence-corrected chi connectivity index (χ1v) is 10.5. The van der Waals surface area contributed by atoms with Crippen LogP contribution in [0, 0.1) is 5.92 Å². The van der Waals surface area contributed by atoms with Gasteiger partial charge < -0.3 is 9.73 Å². The zero-order valence-electron chi connectivity index (χ0n) is 14.7. The zero-order chi connectivity index (χ0) is 19.6. The van der Waals surface area contributed by atoms with Crippen LogP contribution in [0.1, 0.15) is 13.8 Å². The van der Waals surface area contributed by atoms with Crippen molar-refractivity contribution >= 4 is 38.9 Å². The molecule has 3 aromatic rings. The highest BCUT2D eigenvalue weighted by atomic mass is 35.5. The standard InChI is InChI=1S/C19H18Cl2N2O3S/c1-12(2)11-22-18-19(27(24,25)14-9-7-13(20)8-10-14)23-17(26-18)15-5-3-4-6-16(15)21/h3-10,12,22H,11H2,1-2H3. The Morgan fingerprint density at radius 1 is 1.07 bits per heavy atom. The number of halogens is 2. The number of oxazole rings is 1. The van der Waals surface area contributed by atoms with Gasteiger partial charge in [-0.15, -0.1) is 0 Å². The van der Waals surface area contributed by atoms with E-state index in [2.05, 4.69) is 10.3 Å². The van der Waals surface area contributed by atoms with Gasteiger partial charge in [-0.1, -0.05) is 49.2 Å². The van der Waals surface area contributed by atoms with E-state index in [0.717, 1.165) is 0 Å². The van der Waals surface area contributed by atoms with Gasteiger partial charge in [-0.3, -0.25) is 0 Å². The summed E-state index contributed by atoms with van der Waals surface area (Å²) >= 11 is 12.1. The lowest BCUT2D eigenvalue weighted by Crippen LogP contribution is -2.11. The molecule has 0 saturated heterocycles. The Labute approximate surface area is 168 Å². The Balaban J connectivity index is 2.12. The smallest absolute Gasteiger partial charge is 0.233 e. The molecular formula is C19H18Cl2N2O3S. The quantitative estimate of drug-likeness (QED) is 0.561. The molecule has 8 heteroatoms. The molecule has 3 rings (SSSR count). The van der Waals surface area contributed by atoms with Crippen molar-refractivity contribution in [3.63, 3.8) is 0 Å². The van der Waals surface area contributed by atoms with Crippen molar-refractivity contribution in [2.75, 3.05) is 11.9 Å². The summed E-state index contributed by atoms with van der Waals surface area (Å²) in [5.74, 6) is 0.512. The summed E-state index contributed by atoms with van der Waals surface area (Å²) in [5, 5.41) is 3.72. The van der Waals surface area contributed by atoms with E-state index in [0.29, 0.717) is 22.2 Å². The van der Waals surface area contributed by atoms with Crippen molar-refractivity contribution in [1.29, 1.82) is 0 Å². The number of nitrogens with zero attached hydrogens (tertiary/aromatic N) is 1. The second kappa shape index (κ2) is 7.92. The number of benzene rings is 2. The Morgan fingerprint density at radius 2 is 1.74 bits per heavy atom. The van der Waals surface area contributed by atoms with E-state index in [1.165, 1.54) is 24.3 Å². The second-order valence-electron chi connectivity index (χ2n) is 6.37. The van der Waals surface area contributed by atoms with Gasteiger partial charge >= 0.3 is 0 Å². The monoisotopic (exact) mass is 424 g/mol. The van der Waals surface area contributed by atoms with Crippen LogP contribution in [0.5, 0.6) is 0 Å². The van der Waals surface area contributed by atoms with Crippen molar-refractivity contribution in [2.45, 2.75) is 23.8 Å². The first-order valence-electron chi connectivity index (χ1n) is 8.29. The molecule has 0 amide bonds. The minimum atomic E-state index is -3.90. The van der Waals surface area contributed by atoms with Crippen LogP contribution in [0.25, 0.3) is 11.5 Å². The summed E-state index contributed by atoms with van der Waals surface area (Å²) in [6.45, 7) is 4.54. The van der Waals surface area contributed by atoms with Crippen LogP contribution in [0.4, 0.5) is 5.88 Å². The van der Waals surface area contributed by atoms with Gasteiger partial charge in [0.15, 0.2) is 0 Å². The van der Waals surface area contributed by atoms with Crippen LogP contribution >= 0.6 is 23.2 Å². The van der Waals surface area contributed by atoms with Gasteiger partial charge in [0.05, 0.1) is 15.5 Å². The van der Waals surface area contributed by atoms with Gasteiger partial charge in [0.1, 0.15) is 0 Å². The maximum atomic E-state index is 13.1. The van der Waals surface area contributed by atoms with Crippen LogP contribution in [-0.4, -0.2) is 19.9 Å². The average molecular weight is 425 g/mol. The van der Waals surface area contributed by atoms with Gasteiger partial charge in [0, 0.05) is 11.6 Å². The van der Waals surface area contributed by atoms with Gasteiger partial charge in [-0.05, 0) is 42.3 Å². The maximum Gasteiger partial charge on any atom is 0.233 e. The van der Waals surface area contributed by atoms with Crippen LogP contribution in [-0.2, 0) is 9.84 Å². The molecule has 0 aliphatic carbocycles. The third-order valence-electron chi connectivity index (χ3n) is 3.75. The van der Waals surface area contributed by atoms with Gasteiger partial charge in [0.2, 0.25) is 26.6 Å². The number of sulfone groups is 1. The van der Waals surface area contributed by atoms with E-state index in [4.69, 9.17) is 27.6 Å². The lowest BCUT2D eigenvalue weighted by molar-refractivity contribution is 0.567. The highest BCUT2D eigenvalue weighted by Crippen LogP contribution is 2.35. The van der Waals surface area contributed by atoms with Gasteiger partial charge in [0.25, 0.3) is 0 Å². The number of hydrogen-bond acceptors (Lipinski definition) is 5. The summed E-state index contributed by atoms with van der Waals surface area (Å²) in [7, 11) is -3.90. The molecule has 0 fully saturated rings. The highest BCUT2D eigenvalue weighted by Gasteiger charge is 2.29. The zero-order valence-corrected chi connectivity index (χ0v) is 17.1. The molecule has 142 valence electrons. The Hall–Kier alpha value is -2.02. The summed E-state index contributed by atoms with van der Waals surface area (Å²) in [4.78, 5) is 4.34. The first kappa shape index (κ1) is 19.7. The second-order valence-corrected chi connectivity index (χ2v) is 9.07. The Morgan fingerprint density at radius 3 is 2.37 bits per heavy atom. The summed E-state index contributed by atoms with van der Waals surface area (Å²) in [6, 6.07) is 12.9. The molecule has 0 saturated carbocycles. The maximum absolute atomic E-state index is 13.1. The summed E-state index contributed by atoms with van der Waals surface area (Å²) in [6.07, 6.45) is 0. The summed E-state index contributed by atoms with van der Waals surface area (Å²) < 4.78 is 32.0. The number of hydrogen-bond donors (Lipinski definition) is 1. The molecule has 0 atom stereocenters. The van der Waals surface area contributed by atoms with Crippen LogP contribution < -0.4 is 5.32 Å². The molecule has 5 nitrogen and oxygen atoms in total. The van der Waals surface area contributed by atoms with Crippen molar-refractivity contribution < 1.29 is 12.8 Å². The van der Waals surface area contributed by atoms with E-state index in [1.54, 1.807) is 24.3 Å². The van der Waals surface area contributed by atoms with Gasteiger partial charge in [-0.2, -0.15) is 4.98 Å². The van der Waals surface area contributed by atoms with Crippen molar-refractivity contribution in [1.82, 2.24) is 4.98 Å². The molecule has 1 heterocycles. The SMILES string of the molecule is CC(C)CNc1oc(-c2ccccc2Cl)nc1S(=O)(=O)c1ccc(Cl)cc1. The van der Waals surface area contributed by atoms with E-state index >= 15 is 0 Å². The molecule has 0 unspecified atom stereocenters. The molecule has 0 bridgehead atoms. The molecule has 2 aromatic carbocycles. The highest BCUT2D eigenvalue weighted by molar-refractivity contribution is 7.91. The molecule has 1 N–H and O–H groups in total. The molecule has 0 radical (unpaired) electrons. The topological polar surface area (TPSA) is 72.2 Å². The lowest BCUT2D eigenvalue weighted by atomic mass is 10.2. The minimum Gasteiger partial charge on any atom is -0.419 e. The van der Waals surface area contributed by atoms with Crippen molar-refractivity contribution in [2.24, 2.45) is 5.92 Å². The molecule has 1 aromatic heterocycles. The fraction of sp³-hybridized carbons (Fsp3) is 0.211. The Bertz CT molecular complexity index is 1050. The van der Waals surface area contributed by atoms with E-state index in [-0.39, 0.29) is 27.6 Å². The van der Waals surface area contributed by atoms with E-state index in [9.17, 15) is 8.42 Å². The Kier molecular flexibility index (Phi) is 5.79. The fourth-order valence-electron chi connectivity index (χ4n) is 2.37. The predicted octanol–water partition coefficient (Wildman–Crippen LogP) is 5.55. The number of anilines is 1. The third kappa shape index (κ3) is 4.29. The van der Waals surface area contributed by atoms with Crippen molar-refractivity contribution in [3.8, 4) is 11.5 Å². The molecule has 0 aliphatic rings. The van der Waals surface area contributed by atoms with Crippen LogP contribution in [0.3, 0.4) is 0 Å². The summed E-state index contributed by atoms with van der Waals surface area (Å²) in [5.41, 5.74) is 0.518. The number of nitrogens with one attached hydrogen (secondary N) is 1. The van der Waals surface area contributed by atoms with E-state index < -0.39 is 9.84 Å². The predicted molar refractivity (Wildman–Crippen MR) is 107 cm³/mol. The largest absolute Gasteiger partial charge is 0.419 e. The molecule has 27 heavy (non-hydrogen) atoms. The number of aromatic nitrogens is 1. The molecule has 0 spiro atoms. The third-order valence-corrected chi connectivity index (χ3v) is 6.01. The normalized spacial score (nSPS) is 11.7. The lowest BCUT2D eigenvalue weighted by Gasteiger charge is -2.08. The van der Waals surface area contributed by atoms with Crippen LogP contribution in [0.2, 0.25) is 10.0 Å². The average Bonchev–Trinajstić information content (AvgIpc) is 3.05. The fourth-order valence-corrected chi connectivity index (χ4v) is 3.99. The first-order chi connectivity index (χ1) is 12.8. The van der Waals surface area contributed by atoms with Gasteiger partial charge in [-0.25, -0.2) is 8.42 Å². The van der Waals surface area contributed by atoms with Crippen LogP contribution in [0.15, 0.2) is 62.9 Å². The van der Waals surface area contributed by atoms with Crippen molar-refractivity contribution in [3.05, 3.63) is 58.6 Å². The number of rotatable bonds is 6. The minimum absolute atomic E-state index is 0.0819.